The normalized spacial score (nSPS) is 23.9. The molecule has 0 spiro atoms. The van der Waals surface area contributed by atoms with Crippen molar-refractivity contribution in [2.75, 3.05) is 23.7 Å². The van der Waals surface area contributed by atoms with E-state index < -0.39 is 21.3 Å². The Kier molecular flexibility index (Phi) is 5.77. The molecular formula is C21H24AsFN6O. The van der Waals surface area contributed by atoms with Crippen LogP contribution in [0.15, 0.2) is 24.5 Å². The van der Waals surface area contributed by atoms with Gasteiger partial charge in [0.25, 0.3) is 0 Å². The van der Waals surface area contributed by atoms with Crippen LogP contribution in [-0.4, -0.2) is 55.7 Å². The first-order valence-electron chi connectivity index (χ1n) is 10.1. The Morgan fingerprint density at radius 2 is 2.27 bits per heavy atom. The molecule has 2 aromatic rings. The molecule has 0 saturated carbocycles. The Morgan fingerprint density at radius 1 is 1.43 bits per heavy atom. The number of aromatic nitrogens is 2. The van der Waals surface area contributed by atoms with Gasteiger partial charge in [0.2, 0.25) is 0 Å². The summed E-state index contributed by atoms with van der Waals surface area (Å²) in [6.07, 6.45) is 4.82. The molecule has 7 nitrogen and oxygen atoms in total. The number of carbonyl (C=O) groups excluding carboxylic acids is 1. The van der Waals surface area contributed by atoms with Crippen LogP contribution in [0.2, 0.25) is 5.21 Å². The molecule has 2 N–H and O–H groups in total. The Morgan fingerprint density at radius 3 is 2.97 bits per heavy atom. The zero-order chi connectivity index (χ0) is 21.3. The van der Waals surface area contributed by atoms with Gasteiger partial charge in [-0.15, -0.1) is 0 Å². The van der Waals surface area contributed by atoms with E-state index in [-0.39, 0.29) is 23.5 Å². The third kappa shape index (κ3) is 3.68. The Labute approximate surface area is 181 Å². The average molecular weight is 470 g/mol. The van der Waals surface area contributed by atoms with Gasteiger partial charge in [0, 0.05) is 0 Å². The van der Waals surface area contributed by atoms with Crippen molar-refractivity contribution in [1.82, 2.24) is 14.9 Å². The molecule has 2 aliphatic rings. The predicted octanol–water partition coefficient (Wildman–Crippen LogP) is 1.73. The molecule has 30 heavy (non-hydrogen) atoms. The van der Waals surface area contributed by atoms with E-state index in [1.165, 1.54) is 12.3 Å². The second-order valence-electron chi connectivity index (χ2n) is 7.76. The summed E-state index contributed by atoms with van der Waals surface area (Å²) < 4.78 is 15.4. The van der Waals surface area contributed by atoms with E-state index in [9.17, 15) is 9.18 Å². The van der Waals surface area contributed by atoms with Crippen LogP contribution in [0.25, 0.3) is 0 Å². The van der Waals surface area contributed by atoms with Crippen LogP contribution in [0, 0.1) is 17.1 Å². The summed E-state index contributed by atoms with van der Waals surface area (Å²) in [4.78, 5) is 23.5. The third-order valence-electron chi connectivity index (χ3n) is 5.85. The number of hydrogen-bond acceptors (Lipinski definition) is 6. The third-order valence-corrected chi connectivity index (χ3v) is 8.22. The Balaban J connectivity index is 1.59. The van der Waals surface area contributed by atoms with Crippen LogP contribution in [-0.2, 0) is 10.3 Å². The minimum absolute atomic E-state index is 0.0757. The molecule has 2 aliphatic heterocycles. The summed E-state index contributed by atoms with van der Waals surface area (Å²) >= 11 is -0.488. The van der Waals surface area contributed by atoms with Gasteiger partial charge in [-0.25, -0.2) is 0 Å². The van der Waals surface area contributed by atoms with Crippen LogP contribution in [0.5, 0.6) is 0 Å². The number of rotatable bonds is 5. The number of fused-ring (bicyclic) bond motifs is 1. The summed E-state index contributed by atoms with van der Waals surface area (Å²) in [6.45, 7) is 5.38. The van der Waals surface area contributed by atoms with Gasteiger partial charge in [0.1, 0.15) is 6.07 Å². The first kappa shape index (κ1) is 20.8. The van der Waals surface area contributed by atoms with Gasteiger partial charge in [0.15, 0.2) is 0 Å². The second kappa shape index (κ2) is 8.33. The molecule has 4 rings (SSSR count). The molecular weight excluding hydrogens is 446 g/mol. The Bertz CT molecular complexity index is 1010. The van der Waals surface area contributed by atoms with E-state index in [1.807, 2.05) is 13.0 Å². The zero-order valence-electron chi connectivity index (χ0n) is 17.0. The van der Waals surface area contributed by atoms with Crippen molar-refractivity contribution in [3.05, 3.63) is 41.6 Å². The maximum absolute atomic E-state index is 14.4. The van der Waals surface area contributed by atoms with E-state index in [0.717, 1.165) is 40.2 Å². The summed E-state index contributed by atoms with van der Waals surface area (Å²) in [5.74, 6) is 0.234. The fourth-order valence-electron chi connectivity index (χ4n) is 4.30. The molecule has 1 saturated heterocycles. The number of nitriles is 1. The number of likely N-dealkylation sites (tertiary alicyclic amines) is 1. The van der Waals surface area contributed by atoms with Crippen LogP contribution in [0.4, 0.5) is 15.9 Å². The van der Waals surface area contributed by atoms with Crippen molar-refractivity contribution in [3.8, 4) is 6.07 Å². The number of anilines is 2. The van der Waals surface area contributed by atoms with Gasteiger partial charge in [-0.3, -0.25) is 0 Å². The molecule has 1 fully saturated rings. The van der Waals surface area contributed by atoms with Crippen LogP contribution in [0.1, 0.15) is 37.9 Å². The van der Waals surface area contributed by atoms with E-state index >= 15 is 0 Å². The molecule has 9 heteroatoms. The standard InChI is InChI=1S/C21H24AsFN6O/c1-3-22-17-8-13(23)7-16-19(17)28-20(30)21(16,2)29-6-4-5-14(12-29)27-18-11-25-15(9-24)10-26-18/h7-8,10-11,14,22H,3-6,12H2,1-2H3,(H,26,27)(H,28,30)/t14-,21?/m1/s1. The summed E-state index contributed by atoms with van der Waals surface area (Å²) in [7, 11) is 0. The number of piperidine rings is 1. The number of halogens is 1. The zero-order valence-corrected chi connectivity index (χ0v) is 19.1. The number of amides is 1. The molecule has 0 aliphatic carbocycles. The van der Waals surface area contributed by atoms with Crippen molar-refractivity contribution in [2.24, 2.45) is 0 Å². The van der Waals surface area contributed by atoms with E-state index in [0.29, 0.717) is 12.4 Å². The van der Waals surface area contributed by atoms with Crippen molar-refractivity contribution < 1.29 is 9.18 Å². The number of nitrogens with zero attached hydrogens (tertiary/aromatic N) is 4. The van der Waals surface area contributed by atoms with Crippen LogP contribution >= 0.6 is 0 Å². The molecule has 0 bridgehead atoms. The molecule has 1 aromatic carbocycles. The number of hydrogen-bond donors (Lipinski definition) is 2. The van der Waals surface area contributed by atoms with Crippen molar-refractivity contribution in [1.29, 1.82) is 5.26 Å². The SMILES string of the molecule is CC[AsH]c1cc(F)cc2c1NC(=O)C2(C)N1CCC[C@@H](Nc2cnc(C#N)cn2)C1. The van der Waals surface area contributed by atoms with Crippen LogP contribution in [0.3, 0.4) is 0 Å². The van der Waals surface area contributed by atoms with Gasteiger partial charge in [-0.05, 0) is 0 Å². The van der Waals surface area contributed by atoms with Gasteiger partial charge >= 0.3 is 170 Å². The summed E-state index contributed by atoms with van der Waals surface area (Å²) in [5, 5.41) is 16.3. The molecule has 3 heterocycles. The topological polar surface area (TPSA) is 93.9 Å². The maximum atomic E-state index is 14.4. The first-order chi connectivity index (χ1) is 14.5. The molecule has 0 radical (unpaired) electrons. The molecule has 156 valence electrons. The molecule has 1 aromatic heterocycles. The minimum atomic E-state index is -0.900. The fourth-order valence-corrected chi connectivity index (χ4v) is 6.38. The number of nitrogens with one attached hydrogen (secondary N) is 2. The fraction of sp³-hybridized carbons (Fsp3) is 0.429. The predicted molar refractivity (Wildman–Crippen MR) is 115 cm³/mol. The van der Waals surface area contributed by atoms with E-state index in [2.05, 4.69) is 32.4 Å². The second-order valence-corrected chi connectivity index (χ2v) is 11.1. The van der Waals surface area contributed by atoms with Gasteiger partial charge in [0.05, 0.1) is 0 Å². The van der Waals surface area contributed by atoms with Gasteiger partial charge in [-0.2, -0.15) is 5.26 Å². The quantitative estimate of drug-likeness (QED) is 0.647. The monoisotopic (exact) mass is 470 g/mol. The van der Waals surface area contributed by atoms with Gasteiger partial charge < -0.3 is 0 Å². The van der Waals surface area contributed by atoms with Crippen molar-refractivity contribution in [2.45, 2.75) is 43.5 Å². The number of carbonyl (C=O) groups is 1. The van der Waals surface area contributed by atoms with Gasteiger partial charge in [-0.1, -0.05) is 0 Å². The molecule has 1 amide bonds. The Hall–Kier alpha value is -2.49. The molecule has 2 unspecified atom stereocenters. The van der Waals surface area contributed by atoms with Crippen molar-refractivity contribution >= 4 is 37.5 Å². The van der Waals surface area contributed by atoms with Crippen molar-refractivity contribution in [3.63, 3.8) is 0 Å². The summed E-state index contributed by atoms with van der Waals surface area (Å²) in [6, 6.07) is 5.13. The van der Waals surface area contributed by atoms with Crippen LogP contribution < -0.4 is 15.0 Å². The van der Waals surface area contributed by atoms with E-state index in [4.69, 9.17) is 5.26 Å². The molecule has 3 atom stereocenters. The average Bonchev–Trinajstić information content (AvgIpc) is 3.01. The first-order valence-corrected chi connectivity index (χ1v) is 12.6. The summed E-state index contributed by atoms with van der Waals surface area (Å²) in [5.41, 5.74) is 0.936. The number of benzene rings is 1. The van der Waals surface area contributed by atoms with E-state index in [1.54, 1.807) is 12.3 Å².